The smallest absolute Gasteiger partial charge is 0.166 e. The van der Waals surface area contributed by atoms with Gasteiger partial charge in [-0.25, -0.2) is 4.39 Å². The highest BCUT2D eigenvalue weighted by atomic mass is 19.1. The number of hydrogen-bond acceptors (Lipinski definition) is 3. The SMILES string of the molecule is Cc1ccc(F)cc1NCc1cccc2c1OCCO2. The Morgan fingerprint density at radius 1 is 1.15 bits per heavy atom. The second kappa shape index (κ2) is 5.41. The normalized spacial score (nSPS) is 13.1. The summed E-state index contributed by atoms with van der Waals surface area (Å²) in [7, 11) is 0. The second-order valence-corrected chi connectivity index (χ2v) is 4.75. The van der Waals surface area contributed by atoms with E-state index in [1.165, 1.54) is 12.1 Å². The van der Waals surface area contributed by atoms with Crippen LogP contribution in [0.5, 0.6) is 11.5 Å². The summed E-state index contributed by atoms with van der Waals surface area (Å²) >= 11 is 0. The van der Waals surface area contributed by atoms with Gasteiger partial charge in [-0.1, -0.05) is 18.2 Å². The van der Waals surface area contributed by atoms with E-state index in [2.05, 4.69) is 5.32 Å². The molecule has 20 heavy (non-hydrogen) atoms. The Kier molecular flexibility index (Phi) is 3.46. The maximum atomic E-state index is 13.3. The standard InChI is InChI=1S/C16H16FNO2/c1-11-5-6-13(17)9-14(11)18-10-12-3-2-4-15-16(12)20-8-7-19-15/h2-6,9,18H,7-8,10H2,1H3. The molecule has 3 nitrogen and oxygen atoms in total. The fourth-order valence-electron chi connectivity index (χ4n) is 2.25. The number of halogens is 1. The van der Waals surface area contributed by atoms with Crippen LogP contribution in [-0.2, 0) is 6.54 Å². The minimum Gasteiger partial charge on any atom is -0.486 e. The number of benzene rings is 2. The van der Waals surface area contributed by atoms with Crippen LogP contribution in [0.2, 0.25) is 0 Å². The zero-order valence-electron chi connectivity index (χ0n) is 11.3. The summed E-state index contributed by atoms with van der Waals surface area (Å²) in [4.78, 5) is 0. The third-order valence-corrected chi connectivity index (χ3v) is 3.32. The molecule has 0 fully saturated rings. The van der Waals surface area contributed by atoms with Crippen molar-refractivity contribution < 1.29 is 13.9 Å². The average molecular weight is 273 g/mol. The summed E-state index contributed by atoms with van der Waals surface area (Å²) in [6.07, 6.45) is 0. The quantitative estimate of drug-likeness (QED) is 0.928. The number of aryl methyl sites for hydroxylation is 1. The molecule has 0 amide bonds. The van der Waals surface area contributed by atoms with Crippen LogP contribution < -0.4 is 14.8 Å². The molecule has 1 heterocycles. The lowest BCUT2D eigenvalue weighted by Gasteiger charge is -2.21. The van der Waals surface area contributed by atoms with Crippen molar-refractivity contribution in [1.82, 2.24) is 0 Å². The van der Waals surface area contributed by atoms with Crippen LogP contribution in [0.15, 0.2) is 36.4 Å². The Morgan fingerprint density at radius 2 is 2.00 bits per heavy atom. The summed E-state index contributed by atoms with van der Waals surface area (Å²) < 4.78 is 24.5. The lowest BCUT2D eigenvalue weighted by molar-refractivity contribution is 0.170. The lowest BCUT2D eigenvalue weighted by atomic mass is 10.1. The van der Waals surface area contributed by atoms with Gasteiger partial charge in [-0.15, -0.1) is 0 Å². The van der Waals surface area contributed by atoms with Crippen LogP contribution >= 0.6 is 0 Å². The third-order valence-electron chi connectivity index (χ3n) is 3.32. The van der Waals surface area contributed by atoms with Crippen LogP contribution in [0, 0.1) is 12.7 Å². The van der Waals surface area contributed by atoms with Gasteiger partial charge in [0.25, 0.3) is 0 Å². The van der Waals surface area contributed by atoms with Gasteiger partial charge in [0, 0.05) is 17.8 Å². The van der Waals surface area contributed by atoms with Crippen molar-refractivity contribution in [2.45, 2.75) is 13.5 Å². The van der Waals surface area contributed by atoms with Crippen molar-refractivity contribution in [3.63, 3.8) is 0 Å². The van der Waals surface area contributed by atoms with E-state index >= 15 is 0 Å². The molecular formula is C16H16FNO2. The molecule has 0 spiro atoms. The molecule has 1 aliphatic heterocycles. The topological polar surface area (TPSA) is 30.5 Å². The summed E-state index contributed by atoms with van der Waals surface area (Å²) in [5, 5.41) is 3.24. The predicted molar refractivity (Wildman–Crippen MR) is 75.9 cm³/mol. The van der Waals surface area contributed by atoms with Gasteiger partial charge in [0.2, 0.25) is 0 Å². The summed E-state index contributed by atoms with van der Waals surface area (Å²) in [5.74, 6) is 1.31. The van der Waals surface area contributed by atoms with Crippen molar-refractivity contribution in [3.8, 4) is 11.5 Å². The minimum absolute atomic E-state index is 0.243. The Balaban J connectivity index is 1.80. The van der Waals surface area contributed by atoms with E-state index in [9.17, 15) is 4.39 Å². The molecule has 4 heteroatoms. The van der Waals surface area contributed by atoms with E-state index in [-0.39, 0.29) is 5.82 Å². The number of anilines is 1. The molecule has 0 atom stereocenters. The van der Waals surface area contributed by atoms with Gasteiger partial charge in [-0.05, 0) is 30.7 Å². The van der Waals surface area contributed by atoms with Crippen LogP contribution in [-0.4, -0.2) is 13.2 Å². The molecule has 1 N–H and O–H groups in total. The highest BCUT2D eigenvalue weighted by molar-refractivity contribution is 5.53. The van der Waals surface area contributed by atoms with Gasteiger partial charge >= 0.3 is 0 Å². The summed E-state index contributed by atoms with van der Waals surface area (Å²) in [6.45, 7) is 3.65. The average Bonchev–Trinajstić information content (AvgIpc) is 2.48. The number of para-hydroxylation sites is 1. The molecule has 1 aliphatic rings. The van der Waals surface area contributed by atoms with E-state index in [1.54, 1.807) is 6.07 Å². The Labute approximate surface area is 117 Å². The number of ether oxygens (including phenoxy) is 2. The maximum absolute atomic E-state index is 13.3. The number of nitrogens with one attached hydrogen (secondary N) is 1. The first-order chi connectivity index (χ1) is 9.74. The van der Waals surface area contributed by atoms with Gasteiger partial charge < -0.3 is 14.8 Å². The molecule has 0 aliphatic carbocycles. The van der Waals surface area contributed by atoms with Gasteiger partial charge in [0.05, 0.1) is 0 Å². The van der Waals surface area contributed by atoms with Crippen molar-refractivity contribution >= 4 is 5.69 Å². The predicted octanol–water partition coefficient (Wildman–Crippen LogP) is 3.52. The molecule has 0 radical (unpaired) electrons. The van der Waals surface area contributed by atoms with Crippen molar-refractivity contribution in [1.29, 1.82) is 0 Å². The van der Waals surface area contributed by atoms with Crippen LogP contribution in [0.1, 0.15) is 11.1 Å². The molecule has 0 unspecified atom stereocenters. The minimum atomic E-state index is -0.243. The Morgan fingerprint density at radius 3 is 2.90 bits per heavy atom. The first kappa shape index (κ1) is 12.8. The molecule has 0 aromatic heterocycles. The Hall–Kier alpha value is -2.23. The number of hydrogen-bond donors (Lipinski definition) is 1. The molecule has 2 aromatic rings. The largest absolute Gasteiger partial charge is 0.486 e. The highest BCUT2D eigenvalue weighted by Gasteiger charge is 2.15. The second-order valence-electron chi connectivity index (χ2n) is 4.75. The number of rotatable bonds is 3. The van der Waals surface area contributed by atoms with E-state index in [4.69, 9.17) is 9.47 Å². The van der Waals surface area contributed by atoms with Crippen LogP contribution in [0.4, 0.5) is 10.1 Å². The molecular weight excluding hydrogens is 257 g/mol. The maximum Gasteiger partial charge on any atom is 0.166 e. The lowest BCUT2D eigenvalue weighted by Crippen LogP contribution is -2.17. The summed E-state index contributed by atoms with van der Waals surface area (Å²) in [6, 6.07) is 10.5. The highest BCUT2D eigenvalue weighted by Crippen LogP contribution is 2.34. The van der Waals surface area contributed by atoms with Crippen molar-refractivity contribution in [3.05, 3.63) is 53.3 Å². The molecule has 2 aromatic carbocycles. The van der Waals surface area contributed by atoms with Crippen molar-refractivity contribution in [2.24, 2.45) is 0 Å². The molecule has 0 saturated carbocycles. The van der Waals surface area contributed by atoms with Gasteiger partial charge in [0.15, 0.2) is 11.5 Å². The molecule has 3 rings (SSSR count). The molecule has 0 saturated heterocycles. The fourth-order valence-corrected chi connectivity index (χ4v) is 2.25. The van der Waals surface area contributed by atoms with Gasteiger partial charge in [0.1, 0.15) is 19.0 Å². The number of fused-ring (bicyclic) bond motifs is 1. The van der Waals surface area contributed by atoms with E-state index in [0.29, 0.717) is 19.8 Å². The van der Waals surface area contributed by atoms with E-state index in [0.717, 1.165) is 28.3 Å². The van der Waals surface area contributed by atoms with Gasteiger partial charge in [-0.2, -0.15) is 0 Å². The molecule has 104 valence electrons. The Bertz CT molecular complexity index is 628. The van der Waals surface area contributed by atoms with Crippen LogP contribution in [0.3, 0.4) is 0 Å². The molecule has 0 bridgehead atoms. The zero-order valence-corrected chi connectivity index (χ0v) is 11.3. The first-order valence-corrected chi connectivity index (χ1v) is 6.61. The first-order valence-electron chi connectivity index (χ1n) is 6.61. The summed E-state index contributed by atoms with van der Waals surface area (Å²) in [5.41, 5.74) is 2.80. The third kappa shape index (κ3) is 2.54. The van der Waals surface area contributed by atoms with Gasteiger partial charge in [-0.3, -0.25) is 0 Å². The van der Waals surface area contributed by atoms with E-state index in [1.807, 2.05) is 25.1 Å². The zero-order chi connectivity index (χ0) is 13.9. The van der Waals surface area contributed by atoms with Crippen LogP contribution in [0.25, 0.3) is 0 Å². The van der Waals surface area contributed by atoms with E-state index < -0.39 is 0 Å². The monoisotopic (exact) mass is 273 g/mol. The fraction of sp³-hybridized carbons (Fsp3) is 0.250. The van der Waals surface area contributed by atoms with Crippen molar-refractivity contribution in [2.75, 3.05) is 18.5 Å².